The van der Waals surface area contributed by atoms with Crippen LogP contribution in [0.15, 0.2) is 0 Å². The molecule has 3 unspecified atom stereocenters. The summed E-state index contributed by atoms with van der Waals surface area (Å²) in [5.41, 5.74) is 0. The van der Waals surface area contributed by atoms with Crippen LogP contribution in [0, 0.1) is 0 Å². The summed E-state index contributed by atoms with van der Waals surface area (Å²) in [7, 11) is 0. The fraction of sp³-hybridized carbons (Fsp3) is 1.00. The molecule has 0 aromatic rings. The summed E-state index contributed by atoms with van der Waals surface area (Å²) in [6.07, 6.45) is -6.73. The van der Waals surface area contributed by atoms with E-state index in [1.807, 2.05) is 0 Å². The van der Waals surface area contributed by atoms with Gasteiger partial charge in [-0.15, -0.1) is 0 Å². The molecule has 0 rings (SSSR count). The van der Waals surface area contributed by atoms with Crippen LogP contribution in [0.4, 0.5) is 0 Å². The molecule has 0 saturated carbocycles. The van der Waals surface area contributed by atoms with Crippen molar-refractivity contribution in [2.24, 2.45) is 0 Å². The van der Waals surface area contributed by atoms with Crippen LogP contribution in [0.25, 0.3) is 0 Å². The molecule has 5 N–H and O–H groups in total. The highest BCUT2D eigenvalue weighted by Crippen LogP contribution is 2.07. The van der Waals surface area contributed by atoms with E-state index in [9.17, 15) is 0 Å². The molecule has 5 heteroatoms. The Labute approximate surface area is 70.9 Å². The van der Waals surface area contributed by atoms with Crippen molar-refractivity contribution in [3.05, 3.63) is 0 Å². The minimum Gasteiger partial charge on any atom is -0.391 e. The standard InChI is InChI=1S/C7H16O5/c1-3(8)5(10)7(12)6(11)4(2)9/h3-12H,1-2H3/t3?,4?,5-,6?,7-/m1/s1. The number of aliphatic hydroxyl groups excluding tert-OH is 5. The van der Waals surface area contributed by atoms with Gasteiger partial charge in [-0.2, -0.15) is 0 Å². The first kappa shape index (κ1) is 11.8. The third kappa shape index (κ3) is 3.04. The van der Waals surface area contributed by atoms with E-state index in [0.29, 0.717) is 0 Å². The van der Waals surface area contributed by atoms with Crippen molar-refractivity contribution in [3.63, 3.8) is 0 Å². The molecule has 0 amide bonds. The molecule has 74 valence electrons. The molecular weight excluding hydrogens is 164 g/mol. The van der Waals surface area contributed by atoms with Crippen molar-refractivity contribution in [2.45, 2.75) is 44.4 Å². The van der Waals surface area contributed by atoms with E-state index in [1.54, 1.807) is 0 Å². The number of aliphatic hydroxyl groups is 5. The Balaban J connectivity index is 4.08. The zero-order valence-electron chi connectivity index (χ0n) is 7.12. The fourth-order valence-electron chi connectivity index (χ4n) is 0.773. The minimum atomic E-state index is -1.54. The number of hydrogen-bond acceptors (Lipinski definition) is 5. The first-order valence-corrected chi connectivity index (χ1v) is 3.78. The molecule has 0 heterocycles. The van der Waals surface area contributed by atoms with Crippen LogP contribution in [0.3, 0.4) is 0 Å². The highest BCUT2D eigenvalue weighted by molar-refractivity contribution is 4.81. The van der Waals surface area contributed by atoms with Crippen molar-refractivity contribution in [3.8, 4) is 0 Å². The lowest BCUT2D eigenvalue weighted by molar-refractivity contribution is -0.127. The van der Waals surface area contributed by atoms with Crippen molar-refractivity contribution in [1.82, 2.24) is 0 Å². The van der Waals surface area contributed by atoms with Gasteiger partial charge in [0, 0.05) is 0 Å². The Bertz CT molecular complexity index is 111. The molecule has 12 heavy (non-hydrogen) atoms. The maximum atomic E-state index is 9.11. The van der Waals surface area contributed by atoms with E-state index in [2.05, 4.69) is 0 Å². The molecule has 0 aromatic carbocycles. The lowest BCUT2D eigenvalue weighted by atomic mass is 10.0. The van der Waals surface area contributed by atoms with Crippen molar-refractivity contribution in [2.75, 3.05) is 0 Å². The average Bonchev–Trinajstić information content (AvgIpc) is 2.00. The average molecular weight is 180 g/mol. The fourth-order valence-corrected chi connectivity index (χ4v) is 0.773. The van der Waals surface area contributed by atoms with Gasteiger partial charge < -0.3 is 25.5 Å². The van der Waals surface area contributed by atoms with Crippen LogP contribution in [0.2, 0.25) is 0 Å². The van der Waals surface area contributed by atoms with Crippen molar-refractivity contribution < 1.29 is 25.5 Å². The van der Waals surface area contributed by atoms with Gasteiger partial charge in [-0.3, -0.25) is 0 Å². The van der Waals surface area contributed by atoms with Crippen molar-refractivity contribution in [1.29, 1.82) is 0 Å². The second kappa shape index (κ2) is 4.74. The third-order valence-electron chi connectivity index (χ3n) is 1.69. The molecule has 5 nitrogen and oxygen atoms in total. The first-order chi connectivity index (χ1) is 5.37. The van der Waals surface area contributed by atoms with Crippen LogP contribution in [0.5, 0.6) is 0 Å². The molecule has 0 aliphatic carbocycles. The molecule has 0 radical (unpaired) electrons. The van der Waals surface area contributed by atoms with E-state index >= 15 is 0 Å². The predicted molar refractivity (Wildman–Crippen MR) is 41.4 cm³/mol. The smallest absolute Gasteiger partial charge is 0.111 e. The van der Waals surface area contributed by atoms with E-state index in [0.717, 1.165) is 0 Å². The topological polar surface area (TPSA) is 101 Å². The van der Waals surface area contributed by atoms with Gasteiger partial charge in [0.1, 0.15) is 18.3 Å². The van der Waals surface area contributed by atoms with Crippen molar-refractivity contribution >= 4 is 0 Å². The zero-order chi connectivity index (χ0) is 9.89. The van der Waals surface area contributed by atoms with Crippen LogP contribution in [0.1, 0.15) is 13.8 Å². The summed E-state index contributed by atoms with van der Waals surface area (Å²) in [5, 5.41) is 44.8. The second-order valence-electron chi connectivity index (χ2n) is 2.95. The third-order valence-corrected chi connectivity index (χ3v) is 1.69. The Morgan fingerprint density at radius 2 is 0.833 bits per heavy atom. The zero-order valence-corrected chi connectivity index (χ0v) is 7.12. The van der Waals surface area contributed by atoms with Gasteiger partial charge in [0.25, 0.3) is 0 Å². The van der Waals surface area contributed by atoms with E-state index in [-0.39, 0.29) is 0 Å². The van der Waals surface area contributed by atoms with E-state index in [1.165, 1.54) is 13.8 Å². The molecule has 0 fully saturated rings. The van der Waals surface area contributed by atoms with Gasteiger partial charge in [-0.05, 0) is 13.8 Å². The highest BCUT2D eigenvalue weighted by Gasteiger charge is 2.30. The largest absolute Gasteiger partial charge is 0.391 e. The Morgan fingerprint density at radius 1 is 0.583 bits per heavy atom. The Kier molecular flexibility index (Phi) is 4.66. The lowest BCUT2D eigenvalue weighted by Gasteiger charge is -2.26. The predicted octanol–water partition coefficient (Wildman–Crippen LogP) is -2.17. The van der Waals surface area contributed by atoms with Gasteiger partial charge >= 0.3 is 0 Å². The molecule has 0 saturated heterocycles. The summed E-state index contributed by atoms with van der Waals surface area (Å²) in [6.45, 7) is 2.56. The van der Waals surface area contributed by atoms with Gasteiger partial charge in [-0.25, -0.2) is 0 Å². The molecule has 0 spiro atoms. The summed E-state index contributed by atoms with van der Waals surface area (Å²) in [6, 6.07) is 0. The van der Waals surface area contributed by atoms with Crippen LogP contribution >= 0.6 is 0 Å². The molecule has 0 bridgehead atoms. The van der Waals surface area contributed by atoms with Crippen LogP contribution in [-0.4, -0.2) is 56.1 Å². The Morgan fingerprint density at radius 3 is 1.00 bits per heavy atom. The van der Waals surface area contributed by atoms with E-state index in [4.69, 9.17) is 25.5 Å². The van der Waals surface area contributed by atoms with Crippen LogP contribution in [-0.2, 0) is 0 Å². The summed E-state index contributed by atoms with van der Waals surface area (Å²) < 4.78 is 0. The summed E-state index contributed by atoms with van der Waals surface area (Å²) >= 11 is 0. The molecule has 0 aliphatic rings. The van der Waals surface area contributed by atoms with E-state index < -0.39 is 30.5 Å². The monoisotopic (exact) mass is 180 g/mol. The highest BCUT2D eigenvalue weighted by atomic mass is 16.4. The van der Waals surface area contributed by atoms with Gasteiger partial charge in [0.2, 0.25) is 0 Å². The Hall–Kier alpha value is -0.200. The van der Waals surface area contributed by atoms with Gasteiger partial charge in [0.05, 0.1) is 12.2 Å². The SMILES string of the molecule is CC(O)C(O)[C@H](O)[C@H](O)C(C)O. The molecule has 0 aromatic heterocycles. The molecule has 0 aliphatic heterocycles. The second-order valence-corrected chi connectivity index (χ2v) is 2.95. The minimum absolute atomic E-state index is 1.15. The maximum absolute atomic E-state index is 9.11. The number of rotatable bonds is 4. The molecule has 5 atom stereocenters. The normalized spacial score (nSPS) is 24.2. The maximum Gasteiger partial charge on any atom is 0.111 e. The summed E-state index contributed by atoms with van der Waals surface area (Å²) in [4.78, 5) is 0. The first-order valence-electron chi connectivity index (χ1n) is 3.78. The number of hydrogen-bond donors (Lipinski definition) is 5. The molecular formula is C7H16O5. The summed E-state index contributed by atoms with van der Waals surface area (Å²) in [5.74, 6) is 0. The lowest BCUT2D eigenvalue weighted by Crippen LogP contribution is -2.47. The van der Waals surface area contributed by atoms with Crippen LogP contribution < -0.4 is 0 Å². The van der Waals surface area contributed by atoms with Gasteiger partial charge in [0.15, 0.2) is 0 Å². The quantitative estimate of drug-likeness (QED) is 0.339. The van der Waals surface area contributed by atoms with Gasteiger partial charge in [-0.1, -0.05) is 0 Å².